The largest absolute Gasteiger partial charge is 0.573 e. The van der Waals surface area contributed by atoms with Crippen LogP contribution in [-0.4, -0.2) is 22.4 Å². The standard InChI is InChI=1S/C24H30F3N5O/c1-2-3-4-8-19-20(14-16-10-12-18(28)13-11-16)31-23(32-22(19)29)30-15-17-7-5-6-9-21(17)33-24(25,26)27/h5-7,9,16,18H,2-3,10-15,28H2,1H3,(H3,29,30,31,32)/t16-,18-. The van der Waals surface area contributed by atoms with Crippen molar-refractivity contribution in [2.45, 2.75) is 70.8 Å². The van der Waals surface area contributed by atoms with E-state index in [1.807, 2.05) is 6.92 Å². The van der Waals surface area contributed by atoms with E-state index < -0.39 is 6.36 Å². The maximum atomic E-state index is 12.7. The number of nitrogens with zero attached hydrogens (tertiary/aromatic N) is 2. The first-order chi connectivity index (χ1) is 15.7. The topological polar surface area (TPSA) is 99.1 Å². The summed E-state index contributed by atoms with van der Waals surface area (Å²) in [7, 11) is 0. The minimum atomic E-state index is -4.77. The van der Waals surface area contributed by atoms with Crippen molar-refractivity contribution in [2.75, 3.05) is 11.1 Å². The van der Waals surface area contributed by atoms with Crippen LogP contribution in [0.25, 0.3) is 0 Å². The molecule has 5 N–H and O–H groups in total. The van der Waals surface area contributed by atoms with Crippen LogP contribution in [0.4, 0.5) is 24.9 Å². The number of nitrogens with two attached hydrogens (primary N) is 2. The van der Waals surface area contributed by atoms with Crippen molar-refractivity contribution in [3.8, 4) is 17.6 Å². The minimum absolute atomic E-state index is 0.0459. The first kappa shape index (κ1) is 24.6. The van der Waals surface area contributed by atoms with Gasteiger partial charge in [0.1, 0.15) is 11.6 Å². The van der Waals surface area contributed by atoms with Gasteiger partial charge in [-0.25, -0.2) is 4.98 Å². The molecule has 1 heterocycles. The Labute approximate surface area is 192 Å². The lowest BCUT2D eigenvalue weighted by Gasteiger charge is -2.26. The molecular weight excluding hydrogens is 431 g/mol. The van der Waals surface area contributed by atoms with Gasteiger partial charge in [0.25, 0.3) is 0 Å². The molecule has 1 aliphatic rings. The molecule has 0 unspecified atom stereocenters. The first-order valence-electron chi connectivity index (χ1n) is 11.2. The summed E-state index contributed by atoms with van der Waals surface area (Å²) < 4.78 is 42.2. The Kier molecular flexibility index (Phi) is 8.39. The van der Waals surface area contributed by atoms with Crippen molar-refractivity contribution in [2.24, 2.45) is 11.7 Å². The van der Waals surface area contributed by atoms with Crippen LogP contribution in [0.5, 0.6) is 5.75 Å². The first-order valence-corrected chi connectivity index (χ1v) is 11.2. The summed E-state index contributed by atoms with van der Waals surface area (Å²) in [5, 5.41) is 2.99. The molecule has 9 heteroatoms. The number of alkyl halides is 3. The van der Waals surface area contributed by atoms with E-state index in [4.69, 9.17) is 11.5 Å². The zero-order valence-corrected chi connectivity index (χ0v) is 18.7. The summed E-state index contributed by atoms with van der Waals surface area (Å²) in [5.41, 5.74) is 14.0. The van der Waals surface area contributed by atoms with Crippen LogP contribution in [-0.2, 0) is 13.0 Å². The van der Waals surface area contributed by atoms with Crippen LogP contribution in [0.15, 0.2) is 24.3 Å². The summed E-state index contributed by atoms with van der Waals surface area (Å²) in [4.78, 5) is 8.95. The molecule has 0 atom stereocenters. The zero-order valence-electron chi connectivity index (χ0n) is 18.7. The number of nitrogens with one attached hydrogen (secondary N) is 1. The lowest BCUT2D eigenvalue weighted by molar-refractivity contribution is -0.274. The smallest absolute Gasteiger partial charge is 0.405 e. The van der Waals surface area contributed by atoms with Gasteiger partial charge in [-0.1, -0.05) is 37.0 Å². The second-order valence-corrected chi connectivity index (χ2v) is 8.30. The predicted octanol–water partition coefficient (Wildman–Crippen LogP) is 4.78. The SMILES string of the molecule is CCCC#Cc1c(N)nc(NCc2ccccc2OC(F)(F)F)nc1C[C@H]1CC[C@H](N)CC1. The Morgan fingerprint density at radius 3 is 2.58 bits per heavy atom. The van der Waals surface area contributed by atoms with Crippen molar-refractivity contribution >= 4 is 11.8 Å². The highest BCUT2D eigenvalue weighted by Gasteiger charge is 2.32. The van der Waals surface area contributed by atoms with E-state index in [2.05, 4.69) is 31.9 Å². The maximum Gasteiger partial charge on any atom is 0.573 e. The van der Waals surface area contributed by atoms with Gasteiger partial charge in [0, 0.05) is 24.6 Å². The summed E-state index contributed by atoms with van der Waals surface area (Å²) in [5.74, 6) is 6.90. The molecule has 1 aromatic carbocycles. The fourth-order valence-electron chi connectivity index (χ4n) is 3.88. The highest BCUT2D eigenvalue weighted by molar-refractivity contribution is 5.56. The molecular formula is C24H30F3N5O. The number of anilines is 2. The van der Waals surface area contributed by atoms with Gasteiger partial charge in [0.15, 0.2) is 0 Å². The Bertz CT molecular complexity index is 992. The summed E-state index contributed by atoms with van der Waals surface area (Å²) in [6, 6.07) is 6.19. The van der Waals surface area contributed by atoms with Crippen LogP contribution in [0.2, 0.25) is 0 Å². The lowest BCUT2D eigenvalue weighted by Crippen LogP contribution is -2.27. The van der Waals surface area contributed by atoms with E-state index in [9.17, 15) is 13.2 Å². The van der Waals surface area contributed by atoms with Crippen LogP contribution in [0, 0.1) is 17.8 Å². The fourth-order valence-corrected chi connectivity index (χ4v) is 3.88. The Morgan fingerprint density at radius 2 is 1.88 bits per heavy atom. The van der Waals surface area contributed by atoms with Gasteiger partial charge in [-0.3, -0.25) is 0 Å². The number of aromatic nitrogens is 2. The monoisotopic (exact) mass is 461 g/mol. The number of ether oxygens (including phenoxy) is 1. The van der Waals surface area contributed by atoms with Crippen molar-refractivity contribution in [1.82, 2.24) is 9.97 Å². The zero-order chi connectivity index (χ0) is 23.8. The third-order valence-corrected chi connectivity index (χ3v) is 5.61. The maximum absolute atomic E-state index is 12.7. The second-order valence-electron chi connectivity index (χ2n) is 8.30. The molecule has 1 fully saturated rings. The van der Waals surface area contributed by atoms with Crippen LogP contribution in [0.1, 0.15) is 62.3 Å². The molecule has 0 aliphatic heterocycles. The molecule has 0 radical (unpaired) electrons. The highest BCUT2D eigenvalue weighted by Crippen LogP contribution is 2.29. The minimum Gasteiger partial charge on any atom is -0.405 e. The molecule has 3 rings (SSSR count). The van der Waals surface area contributed by atoms with Gasteiger partial charge in [-0.15, -0.1) is 13.2 Å². The van der Waals surface area contributed by atoms with Crippen LogP contribution >= 0.6 is 0 Å². The highest BCUT2D eigenvalue weighted by atomic mass is 19.4. The molecule has 6 nitrogen and oxygen atoms in total. The van der Waals surface area contributed by atoms with Gasteiger partial charge < -0.3 is 21.5 Å². The second kappa shape index (κ2) is 11.2. The number of nitrogen functional groups attached to an aromatic ring is 1. The van der Waals surface area contributed by atoms with Gasteiger partial charge in [-0.05, 0) is 50.5 Å². The number of para-hydroxylation sites is 1. The average Bonchev–Trinajstić information content (AvgIpc) is 2.75. The molecule has 33 heavy (non-hydrogen) atoms. The van der Waals surface area contributed by atoms with Crippen LogP contribution < -0.4 is 21.5 Å². The van der Waals surface area contributed by atoms with E-state index in [0.717, 1.165) is 44.2 Å². The van der Waals surface area contributed by atoms with E-state index >= 15 is 0 Å². The van der Waals surface area contributed by atoms with Gasteiger partial charge in [0.2, 0.25) is 5.95 Å². The molecule has 1 saturated carbocycles. The van der Waals surface area contributed by atoms with Gasteiger partial charge in [-0.2, -0.15) is 4.98 Å². The third-order valence-electron chi connectivity index (χ3n) is 5.61. The van der Waals surface area contributed by atoms with Crippen molar-refractivity contribution in [3.05, 3.63) is 41.1 Å². The Balaban J connectivity index is 1.82. The molecule has 178 valence electrons. The van der Waals surface area contributed by atoms with E-state index in [1.54, 1.807) is 12.1 Å². The van der Waals surface area contributed by atoms with E-state index in [0.29, 0.717) is 23.5 Å². The molecule has 1 aromatic heterocycles. The number of halogens is 3. The van der Waals surface area contributed by atoms with E-state index in [1.165, 1.54) is 12.1 Å². The summed E-state index contributed by atoms with van der Waals surface area (Å²) in [6.45, 7) is 2.10. The molecule has 0 spiro atoms. The van der Waals surface area contributed by atoms with Crippen molar-refractivity contribution in [1.29, 1.82) is 0 Å². The number of rotatable bonds is 7. The molecule has 1 aliphatic carbocycles. The van der Waals surface area contributed by atoms with Crippen molar-refractivity contribution < 1.29 is 17.9 Å². The molecule has 0 bridgehead atoms. The number of hydrogen-bond acceptors (Lipinski definition) is 6. The quantitative estimate of drug-likeness (QED) is 0.513. The average molecular weight is 462 g/mol. The summed E-state index contributed by atoms with van der Waals surface area (Å²) in [6.07, 6.45) is 1.58. The normalized spacial score (nSPS) is 18.3. The summed E-state index contributed by atoms with van der Waals surface area (Å²) >= 11 is 0. The van der Waals surface area contributed by atoms with Crippen molar-refractivity contribution in [3.63, 3.8) is 0 Å². The lowest BCUT2D eigenvalue weighted by atomic mass is 9.83. The number of benzene rings is 1. The predicted molar refractivity (Wildman–Crippen MR) is 122 cm³/mol. The van der Waals surface area contributed by atoms with E-state index in [-0.39, 0.29) is 30.1 Å². The van der Waals surface area contributed by atoms with Gasteiger partial charge >= 0.3 is 6.36 Å². The molecule has 0 saturated heterocycles. The molecule has 2 aromatic rings. The Morgan fingerprint density at radius 1 is 1.15 bits per heavy atom. The Hall–Kier alpha value is -2.99. The fraction of sp³-hybridized carbons (Fsp3) is 0.500. The third kappa shape index (κ3) is 7.53. The van der Waals surface area contributed by atoms with Gasteiger partial charge in [0.05, 0.1) is 11.3 Å². The number of hydrogen-bond donors (Lipinski definition) is 3. The molecule has 0 amide bonds. The number of unbranched alkanes of at least 4 members (excludes halogenated alkanes) is 1. The van der Waals surface area contributed by atoms with Crippen LogP contribution in [0.3, 0.4) is 0 Å².